The minimum absolute atomic E-state index is 0. The summed E-state index contributed by atoms with van der Waals surface area (Å²) in [5, 5.41) is 5.76. The molecule has 1 aliphatic heterocycles. The topological polar surface area (TPSA) is 42.9 Å². The number of aryl methyl sites for hydroxylation is 1. The summed E-state index contributed by atoms with van der Waals surface area (Å²) >= 11 is 0. The normalized spacial score (nSPS) is 15.9. The summed E-state index contributed by atoms with van der Waals surface area (Å²) in [4.78, 5) is 8.78. The van der Waals surface area contributed by atoms with E-state index in [1.807, 2.05) is 0 Å². The highest BCUT2D eigenvalue weighted by atomic mass is 127. The Bertz CT molecular complexity index is 601. The highest BCUT2D eigenvalue weighted by Gasteiger charge is 2.26. The minimum atomic E-state index is -4.15. The van der Waals surface area contributed by atoms with Gasteiger partial charge in [-0.1, -0.05) is 12.1 Å². The fourth-order valence-corrected chi connectivity index (χ4v) is 3.11. The van der Waals surface area contributed by atoms with E-state index in [2.05, 4.69) is 56.6 Å². The van der Waals surface area contributed by atoms with Gasteiger partial charge >= 0.3 is 6.18 Å². The van der Waals surface area contributed by atoms with Crippen LogP contribution in [-0.4, -0.2) is 69.9 Å². The van der Waals surface area contributed by atoms with Crippen molar-refractivity contribution in [3.05, 3.63) is 29.8 Å². The van der Waals surface area contributed by atoms with Crippen LogP contribution in [0, 0.1) is 6.92 Å². The van der Waals surface area contributed by atoms with Crippen molar-refractivity contribution in [2.24, 2.45) is 4.99 Å². The van der Waals surface area contributed by atoms with E-state index in [0.717, 1.165) is 39.1 Å². The number of alkyl halides is 3. The minimum Gasteiger partial charge on any atom is -0.369 e. The highest BCUT2D eigenvalue weighted by Crippen LogP contribution is 2.18. The first kappa shape index (κ1) is 24.8. The van der Waals surface area contributed by atoms with Crippen LogP contribution < -0.4 is 15.5 Å². The van der Waals surface area contributed by atoms with Crippen LogP contribution in [-0.2, 0) is 0 Å². The molecule has 2 rings (SSSR count). The maximum absolute atomic E-state index is 12.2. The molecule has 0 bridgehead atoms. The monoisotopic (exact) mass is 513 g/mol. The molecule has 2 N–H and O–H groups in total. The molecule has 1 heterocycles. The Labute approximate surface area is 182 Å². The number of halogens is 4. The number of hydrogen-bond acceptors (Lipinski definition) is 3. The fraction of sp³-hybridized carbons (Fsp3) is 0.632. The molecule has 0 aliphatic carbocycles. The molecule has 160 valence electrons. The molecule has 5 nitrogen and oxygen atoms in total. The molecule has 0 saturated carbocycles. The number of benzene rings is 1. The maximum atomic E-state index is 12.2. The van der Waals surface area contributed by atoms with Crippen LogP contribution in [0.1, 0.15) is 18.4 Å². The molecule has 1 saturated heterocycles. The zero-order valence-corrected chi connectivity index (χ0v) is 18.9. The number of hydrogen-bond donors (Lipinski definition) is 2. The van der Waals surface area contributed by atoms with Gasteiger partial charge in [0.1, 0.15) is 0 Å². The zero-order valence-electron chi connectivity index (χ0n) is 16.6. The Hall–Kier alpha value is -1.23. The Morgan fingerprint density at radius 1 is 1.11 bits per heavy atom. The molecule has 0 atom stereocenters. The molecule has 28 heavy (non-hydrogen) atoms. The molecule has 1 aliphatic rings. The molecule has 0 radical (unpaired) electrons. The van der Waals surface area contributed by atoms with Crippen molar-refractivity contribution < 1.29 is 13.2 Å². The Morgan fingerprint density at radius 3 is 2.39 bits per heavy atom. The first-order chi connectivity index (χ1) is 12.9. The molecule has 1 fully saturated rings. The number of piperazine rings is 1. The first-order valence-electron chi connectivity index (χ1n) is 9.42. The summed E-state index contributed by atoms with van der Waals surface area (Å²) in [6.07, 6.45) is -4.09. The van der Waals surface area contributed by atoms with Gasteiger partial charge in [0, 0.05) is 52.0 Å². The summed E-state index contributed by atoms with van der Waals surface area (Å²) in [7, 11) is 1.56. The lowest BCUT2D eigenvalue weighted by molar-refractivity contribution is -0.132. The van der Waals surface area contributed by atoms with Gasteiger partial charge in [0.2, 0.25) is 0 Å². The Balaban J connectivity index is 0.00000392. The third-order valence-electron chi connectivity index (χ3n) is 4.61. The molecule has 1 aromatic carbocycles. The molecule has 0 unspecified atom stereocenters. The van der Waals surface area contributed by atoms with Gasteiger partial charge in [0.25, 0.3) is 0 Å². The lowest BCUT2D eigenvalue weighted by atomic mass is 10.2. The first-order valence-corrected chi connectivity index (χ1v) is 9.42. The summed E-state index contributed by atoms with van der Waals surface area (Å²) in [5.74, 6) is 0.420. The van der Waals surface area contributed by atoms with Gasteiger partial charge in [-0.15, -0.1) is 24.0 Å². The molecule has 1 aromatic rings. The maximum Gasteiger partial charge on any atom is 0.390 e. The Morgan fingerprint density at radius 2 is 1.79 bits per heavy atom. The van der Waals surface area contributed by atoms with Crippen molar-refractivity contribution in [1.82, 2.24) is 15.5 Å². The number of nitrogens with one attached hydrogen (secondary N) is 2. The van der Waals surface area contributed by atoms with Crippen LogP contribution >= 0.6 is 24.0 Å². The number of nitrogens with zero attached hydrogens (tertiary/aromatic N) is 3. The van der Waals surface area contributed by atoms with E-state index in [1.165, 1.54) is 11.3 Å². The standard InChI is InChI=1S/C19H30F3N5.HI/c1-16-5-3-6-17(15-16)27-13-11-26(12-14-27)10-4-8-24-18(23-2)25-9-7-19(20,21)22;/h3,5-6,15H,4,7-14H2,1-2H3,(H2,23,24,25);1H. The molecule has 0 spiro atoms. The van der Waals surface area contributed by atoms with Crippen molar-refractivity contribution in [2.75, 3.05) is 57.8 Å². The second-order valence-corrected chi connectivity index (χ2v) is 6.81. The van der Waals surface area contributed by atoms with E-state index in [9.17, 15) is 13.2 Å². The average molecular weight is 513 g/mol. The van der Waals surface area contributed by atoms with Crippen molar-refractivity contribution in [3.63, 3.8) is 0 Å². The van der Waals surface area contributed by atoms with Crippen LogP contribution in [0.3, 0.4) is 0 Å². The SMILES string of the molecule is CN=C(NCCCN1CCN(c2cccc(C)c2)CC1)NCCC(F)(F)F.I. The number of anilines is 1. The van der Waals surface area contributed by atoms with E-state index in [4.69, 9.17) is 0 Å². The van der Waals surface area contributed by atoms with E-state index in [0.29, 0.717) is 12.5 Å². The van der Waals surface area contributed by atoms with Crippen LogP contribution in [0.5, 0.6) is 0 Å². The predicted molar refractivity (Wildman–Crippen MR) is 120 cm³/mol. The summed E-state index contributed by atoms with van der Waals surface area (Å²) < 4.78 is 36.5. The molecule has 0 amide bonds. The number of guanidine groups is 1. The second-order valence-electron chi connectivity index (χ2n) is 6.81. The predicted octanol–water partition coefficient (Wildman–Crippen LogP) is 3.24. The summed E-state index contributed by atoms with van der Waals surface area (Å²) in [6, 6.07) is 8.58. The zero-order chi connectivity index (χ0) is 19.7. The lowest BCUT2D eigenvalue weighted by Crippen LogP contribution is -2.47. The van der Waals surface area contributed by atoms with Crippen molar-refractivity contribution in [1.29, 1.82) is 0 Å². The lowest BCUT2D eigenvalue weighted by Gasteiger charge is -2.36. The van der Waals surface area contributed by atoms with Crippen LogP contribution in [0.2, 0.25) is 0 Å². The van der Waals surface area contributed by atoms with E-state index in [-0.39, 0.29) is 30.5 Å². The van der Waals surface area contributed by atoms with Gasteiger partial charge in [-0.3, -0.25) is 9.89 Å². The molecule has 9 heteroatoms. The van der Waals surface area contributed by atoms with Gasteiger partial charge in [0.15, 0.2) is 5.96 Å². The van der Waals surface area contributed by atoms with Crippen LogP contribution in [0.15, 0.2) is 29.3 Å². The summed E-state index contributed by atoms with van der Waals surface area (Å²) in [5.41, 5.74) is 2.56. The van der Waals surface area contributed by atoms with Crippen LogP contribution in [0.4, 0.5) is 18.9 Å². The second kappa shape index (κ2) is 12.4. The third kappa shape index (κ3) is 9.31. The van der Waals surface area contributed by atoms with Gasteiger partial charge in [-0.25, -0.2) is 0 Å². The van der Waals surface area contributed by atoms with Crippen molar-refractivity contribution in [3.8, 4) is 0 Å². The number of aliphatic imine (C=N–C) groups is 1. The molecular formula is C19H31F3IN5. The quantitative estimate of drug-likeness (QED) is 0.255. The van der Waals surface area contributed by atoms with Gasteiger partial charge in [-0.05, 0) is 37.6 Å². The smallest absolute Gasteiger partial charge is 0.369 e. The third-order valence-corrected chi connectivity index (χ3v) is 4.61. The average Bonchev–Trinajstić information content (AvgIpc) is 2.63. The highest BCUT2D eigenvalue weighted by molar-refractivity contribution is 14.0. The largest absolute Gasteiger partial charge is 0.390 e. The van der Waals surface area contributed by atoms with Gasteiger partial charge < -0.3 is 15.5 Å². The van der Waals surface area contributed by atoms with E-state index in [1.54, 1.807) is 7.05 Å². The number of rotatable bonds is 7. The van der Waals surface area contributed by atoms with E-state index >= 15 is 0 Å². The van der Waals surface area contributed by atoms with Gasteiger partial charge in [0.05, 0.1) is 6.42 Å². The fourth-order valence-electron chi connectivity index (χ4n) is 3.11. The van der Waals surface area contributed by atoms with Crippen molar-refractivity contribution in [2.45, 2.75) is 25.9 Å². The van der Waals surface area contributed by atoms with Crippen molar-refractivity contribution >= 4 is 35.6 Å². The molecular weight excluding hydrogens is 482 g/mol. The van der Waals surface area contributed by atoms with Crippen LogP contribution in [0.25, 0.3) is 0 Å². The van der Waals surface area contributed by atoms with E-state index < -0.39 is 12.6 Å². The van der Waals surface area contributed by atoms with Gasteiger partial charge in [-0.2, -0.15) is 13.2 Å². The summed E-state index contributed by atoms with van der Waals surface area (Å²) in [6.45, 7) is 7.66. The molecule has 0 aromatic heterocycles. The Kier molecular flexibility index (Phi) is 10.9.